The summed E-state index contributed by atoms with van der Waals surface area (Å²) in [5.74, 6) is -0.929. The standard InChI is InChI=1S/C18H18BrNO4/c1-12-3-6-14(9-16(12)21)18(23)24-11-17(22)20(2)10-13-4-7-15(19)8-5-13/h3-9,21H,10-11H2,1-2H3. The van der Waals surface area contributed by atoms with Gasteiger partial charge in [-0.1, -0.05) is 34.1 Å². The van der Waals surface area contributed by atoms with Gasteiger partial charge in [-0.25, -0.2) is 4.79 Å². The van der Waals surface area contributed by atoms with E-state index < -0.39 is 5.97 Å². The van der Waals surface area contributed by atoms with Gasteiger partial charge in [-0.15, -0.1) is 0 Å². The van der Waals surface area contributed by atoms with Crippen LogP contribution in [-0.4, -0.2) is 35.5 Å². The number of aromatic hydroxyl groups is 1. The maximum atomic E-state index is 12.1. The number of ether oxygens (including phenoxy) is 1. The van der Waals surface area contributed by atoms with Crippen molar-refractivity contribution >= 4 is 27.8 Å². The number of carbonyl (C=O) groups is 2. The van der Waals surface area contributed by atoms with Gasteiger partial charge in [-0.05, 0) is 42.3 Å². The van der Waals surface area contributed by atoms with Gasteiger partial charge in [-0.3, -0.25) is 4.79 Å². The van der Waals surface area contributed by atoms with E-state index in [0.717, 1.165) is 10.0 Å². The van der Waals surface area contributed by atoms with Crippen molar-refractivity contribution < 1.29 is 19.4 Å². The molecule has 2 aromatic rings. The number of nitrogens with zero attached hydrogens (tertiary/aromatic N) is 1. The highest BCUT2D eigenvalue weighted by molar-refractivity contribution is 9.10. The first-order valence-corrected chi connectivity index (χ1v) is 8.11. The molecule has 1 N–H and O–H groups in total. The molecule has 0 aliphatic heterocycles. The second kappa shape index (κ2) is 7.97. The molecule has 0 fully saturated rings. The van der Waals surface area contributed by atoms with Crippen LogP contribution in [0.1, 0.15) is 21.5 Å². The van der Waals surface area contributed by atoms with Gasteiger partial charge in [0.05, 0.1) is 5.56 Å². The molecular weight excluding hydrogens is 374 g/mol. The number of phenols is 1. The quantitative estimate of drug-likeness (QED) is 0.794. The summed E-state index contributed by atoms with van der Waals surface area (Å²) >= 11 is 3.36. The van der Waals surface area contributed by atoms with Crippen LogP contribution in [0.3, 0.4) is 0 Å². The summed E-state index contributed by atoms with van der Waals surface area (Å²) in [6.07, 6.45) is 0. The number of phenolic OH excluding ortho intramolecular Hbond substituents is 1. The molecular formula is C18H18BrNO4. The van der Waals surface area contributed by atoms with Crippen LogP contribution >= 0.6 is 15.9 Å². The minimum absolute atomic E-state index is 0.0168. The molecule has 0 aliphatic carbocycles. The average Bonchev–Trinajstić information content (AvgIpc) is 2.56. The summed E-state index contributed by atoms with van der Waals surface area (Å²) in [6.45, 7) is 1.81. The third-order valence-corrected chi connectivity index (χ3v) is 4.06. The largest absolute Gasteiger partial charge is 0.508 e. The van der Waals surface area contributed by atoms with Crippen LogP contribution in [0.15, 0.2) is 46.9 Å². The zero-order chi connectivity index (χ0) is 17.7. The number of hydrogen-bond donors (Lipinski definition) is 1. The van der Waals surface area contributed by atoms with E-state index in [0.29, 0.717) is 12.1 Å². The van der Waals surface area contributed by atoms with Crippen molar-refractivity contribution in [2.24, 2.45) is 0 Å². The molecule has 0 bridgehead atoms. The molecule has 0 radical (unpaired) electrons. The molecule has 2 aromatic carbocycles. The number of esters is 1. The molecule has 24 heavy (non-hydrogen) atoms. The van der Waals surface area contributed by atoms with Gasteiger partial charge in [-0.2, -0.15) is 0 Å². The SMILES string of the molecule is Cc1ccc(C(=O)OCC(=O)N(C)Cc2ccc(Br)cc2)cc1O. The zero-order valence-corrected chi connectivity index (χ0v) is 15.0. The highest BCUT2D eigenvalue weighted by atomic mass is 79.9. The van der Waals surface area contributed by atoms with E-state index >= 15 is 0 Å². The molecule has 0 saturated heterocycles. The number of amides is 1. The second-order valence-corrected chi connectivity index (χ2v) is 6.37. The summed E-state index contributed by atoms with van der Waals surface area (Å²) in [6, 6.07) is 12.1. The van der Waals surface area contributed by atoms with Crippen molar-refractivity contribution in [1.29, 1.82) is 0 Å². The molecule has 0 unspecified atom stereocenters. The molecule has 0 aliphatic rings. The first-order valence-electron chi connectivity index (χ1n) is 7.32. The fourth-order valence-electron chi connectivity index (χ4n) is 2.01. The van der Waals surface area contributed by atoms with E-state index in [1.54, 1.807) is 26.1 Å². The summed E-state index contributed by atoms with van der Waals surface area (Å²) in [7, 11) is 1.65. The molecule has 0 saturated carbocycles. The third kappa shape index (κ3) is 4.83. The van der Waals surface area contributed by atoms with Gasteiger partial charge in [0.1, 0.15) is 5.75 Å². The van der Waals surface area contributed by atoms with Crippen molar-refractivity contribution in [3.8, 4) is 5.75 Å². The lowest BCUT2D eigenvalue weighted by molar-refractivity contribution is -0.133. The Bertz CT molecular complexity index is 743. The van der Waals surface area contributed by atoms with E-state index in [1.807, 2.05) is 24.3 Å². The number of carbonyl (C=O) groups excluding carboxylic acids is 2. The Labute approximate surface area is 149 Å². The first-order chi connectivity index (χ1) is 11.4. The first kappa shape index (κ1) is 18.0. The maximum Gasteiger partial charge on any atom is 0.338 e. The molecule has 6 heteroatoms. The Hall–Kier alpha value is -2.34. The lowest BCUT2D eigenvalue weighted by Gasteiger charge is -2.17. The van der Waals surface area contributed by atoms with E-state index in [1.165, 1.54) is 11.0 Å². The molecule has 0 aromatic heterocycles. The number of likely N-dealkylation sites (N-methyl/N-ethyl adjacent to an activating group) is 1. The Morgan fingerprint density at radius 2 is 1.83 bits per heavy atom. The summed E-state index contributed by atoms with van der Waals surface area (Å²) in [5.41, 5.74) is 1.85. The monoisotopic (exact) mass is 391 g/mol. The molecule has 2 rings (SSSR count). The van der Waals surface area contributed by atoms with Crippen LogP contribution in [0.2, 0.25) is 0 Å². The summed E-state index contributed by atoms with van der Waals surface area (Å²) in [4.78, 5) is 25.5. The lowest BCUT2D eigenvalue weighted by atomic mass is 10.1. The lowest BCUT2D eigenvalue weighted by Crippen LogP contribution is -2.30. The minimum atomic E-state index is -0.643. The smallest absolute Gasteiger partial charge is 0.338 e. The van der Waals surface area contributed by atoms with Crippen LogP contribution in [-0.2, 0) is 16.1 Å². The van der Waals surface area contributed by atoms with Gasteiger partial charge in [0, 0.05) is 18.1 Å². The van der Waals surface area contributed by atoms with Gasteiger partial charge in [0.2, 0.25) is 0 Å². The highest BCUT2D eigenvalue weighted by Crippen LogP contribution is 2.18. The second-order valence-electron chi connectivity index (χ2n) is 5.45. The topological polar surface area (TPSA) is 66.8 Å². The van der Waals surface area contributed by atoms with Crippen molar-refractivity contribution in [2.75, 3.05) is 13.7 Å². The number of aryl methyl sites for hydroxylation is 1. The fraction of sp³-hybridized carbons (Fsp3) is 0.222. The van der Waals surface area contributed by atoms with Gasteiger partial charge >= 0.3 is 5.97 Å². The number of hydrogen-bond acceptors (Lipinski definition) is 4. The molecule has 1 amide bonds. The van der Waals surface area contributed by atoms with Gasteiger partial charge in [0.15, 0.2) is 6.61 Å². The van der Waals surface area contributed by atoms with Gasteiger partial charge < -0.3 is 14.7 Å². The van der Waals surface area contributed by atoms with Crippen molar-refractivity contribution in [3.63, 3.8) is 0 Å². The van der Waals surface area contributed by atoms with Crippen LogP contribution in [0.25, 0.3) is 0 Å². The Kier molecular flexibility index (Phi) is 5.98. The predicted molar refractivity (Wildman–Crippen MR) is 93.7 cm³/mol. The van der Waals surface area contributed by atoms with Gasteiger partial charge in [0.25, 0.3) is 5.91 Å². The predicted octanol–water partition coefficient (Wildman–Crippen LogP) is 3.28. The molecule has 126 valence electrons. The third-order valence-electron chi connectivity index (χ3n) is 3.53. The molecule has 0 heterocycles. The van der Waals surface area contributed by atoms with E-state index in [4.69, 9.17) is 4.74 Å². The van der Waals surface area contributed by atoms with Crippen molar-refractivity contribution in [3.05, 3.63) is 63.6 Å². The van der Waals surface area contributed by atoms with E-state index in [-0.39, 0.29) is 23.8 Å². The number of halogens is 1. The maximum absolute atomic E-state index is 12.1. The zero-order valence-electron chi connectivity index (χ0n) is 13.5. The van der Waals surface area contributed by atoms with E-state index in [9.17, 15) is 14.7 Å². The van der Waals surface area contributed by atoms with Crippen LogP contribution < -0.4 is 0 Å². The Morgan fingerprint density at radius 3 is 2.46 bits per heavy atom. The molecule has 5 nitrogen and oxygen atoms in total. The van der Waals surface area contributed by atoms with Crippen LogP contribution in [0.5, 0.6) is 5.75 Å². The normalized spacial score (nSPS) is 10.3. The number of benzene rings is 2. The van der Waals surface area contributed by atoms with Crippen LogP contribution in [0.4, 0.5) is 0 Å². The highest BCUT2D eigenvalue weighted by Gasteiger charge is 2.14. The summed E-state index contributed by atoms with van der Waals surface area (Å²) < 4.78 is 5.98. The van der Waals surface area contributed by atoms with E-state index in [2.05, 4.69) is 15.9 Å². The molecule has 0 atom stereocenters. The van der Waals surface area contributed by atoms with Crippen LogP contribution in [0, 0.1) is 6.92 Å². The minimum Gasteiger partial charge on any atom is -0.508 e. The summed E-state index contributed by atoms with van der Waals surface area (Å²) in [5, 5.41) is 9.61. The Morgan fingerprint density at radius 1 is 1.17 bits per heavy atom. The molecule has 0 spiro atoms. The number of rotatable bonds is 5. The average molecular weight is 392 g/mol. The van der Waals surface area contributed by atoms with Crippen molar-refractivity contribution in [1.82, 2.24) is 4.90 Å². The van der Waals surface area contributed by atoms with Crippen molar-refractivity contribution in [2.45, 2.75) is 13.5 Å². The Balaban J connectivity index is 1.88. The fourth-order valence-corrected chi connectivity index (χ4v) is 2.27.